The Morgan fingerprint density at radius 3 is 2.57 bits per heavy atom. The molecule has 8 heteroatoms. The third kappa shape index (κ3) is 7.18. The minimum absolute atomic E-state index is 0.126. The lowest BCUT2D eigenvalue weighted by Crippen LogP contribution is -2.48. The fraction of sp³-hybridized carbons (Fsp3) is 0.364. The van der Waals surface area contributed by atoms with E-state index in [4.69, 9.17) is 23.2 Å². The standard InChI is InChI=1S/C22H25Cl2FN2O2S/c1-3-10-26-22(29)15(2)27(12-16-8-9-18(23)19(24)11-16)21(28)14-30-13-17-6-4-5-7-20(17)25/h4-9,11,15H,3,10,12-14H2,1-2H3,(H,26,29)/t15-/m1/s1. The summed E-state index contributed by atoms with van der Waals surface area (Å²) in [4.78, 5) is 27.0. The van der Waals surface area contributed by atoms with Gasteiger partial charge in [0.1, 0.15) is 11.9 Å². The smallest absolute Gasteiger partial charge is 0.242 e. The zero-order chi connectivity index (χ0) is 22.1. The fourth-order valence-corrected chi connectivity index (χ4v) is 3.98. The molecule has 0 saturated heterocycles. The van der Waals surface area contributed by atoms with Crippen LogP contribution < -0.4 is 5.32 Å². The Morgan fingerprint density at radius 2 is 1.90 bits per heavy atom. The molecule has 0 radical (unpaired) electrons. The average Bonchev–Trinajstić information content (AvgIpc) is 2.73. The van der Waals surface area contributed by atoms with Gasteiger partial charge in [-0.05, 0) is 42.7 Å². The topological polar surface area (TPSA) is 49.4 Å². The molecule has 0 unspecified atom stereocenters. The molecule has 0 bridgehead atoms. The van der Waals surface area contributed by atoms with E-state index in [1.807, 2.05) is 6.92 Å². The number of hydrogen-bond donors (Lipinski definition) is 1. The first-order valence-corrected chi connectivity index (χ1v) is 11.6. The molecule has 1 atom stereocenters. The number of nitrogens with one attached hydrogen (secondary N) is 1. The first-order valence-electron chi connectivity index (χ1n) is 9.65. The molecule has 0 heterocycles. The van der Waals surface area contributed by atoms with E-state index in [2.05, 4.69) is 5.32 Å². The highest BCUT2D eigenvalue weighted by molar-refractivity contribution is 7.99. The van der Waals surface area contributed by atoms with Crippen molar-refractivity contribution in [2.24, 2.45) is 0 Å². The maximum Gasteiger partial charge on any atom is 0.242 e. The number of benzene rings is 2. The molecular formula is C22H25Cl2FN2O2S. The number of halogens is 3. The number of thioether (sulfide) groups is 1. The van der Waals surface area contributed by atoms with Crippen molar-refractivity contribution in [3.63, 3.8) is 0 Å². The van der Waals surface area contributed by atoms with Crippen LogP contribution in [0, 0.1) is 5.82 Å². The summed E-state index contributed by atoms with van der Waals surface area (Å²) in [5.41, 5.74) is 1.31. The largest absolute Gasteiger partial charge is 0.354 e. The van der Waals surface area contributed by atoms with Gasteiger partial charge in [0, 0.05) is 18.8 Å². The Morgan fingerprint density at radius 1 is 1.17 bits per heavy atom. The quantitative estimate of drug-likeness (QED) is 0.511. The lowest BCUT2D eigenvalue weighted by molar-refractivity contribution is -0.138. The van der Waals surface area contributed by atoms with Crippen molar-refractivity contribution >= 4 is 46.8 Å². The molecule has 0 saturated carbocycles. The van der Waals surface area contributed by atoms with E-state index < -0.39 is 6.04 Å². The Balaban J connectivity index is 2.10. The van der Waals surface area contributed by atoms with E-state index in [9.17, 15) is 14.0 Å². The number of rotatable bonds is 10. The molecular weight excluding hydrogens is 446 g/mol. The van der Waals surface area contributed by atoms with Gasteiger partial charge >= 0.3 is 0 Å². The molecule has 2 rings (SSSR count). The summed E-state index contributed by atoms with van der Waals surface area (Å²) < 4.78 is 13.8. The molecule has 0 spiro atoms. The first-order chi connectivity index (χ1) is 14.3. The Labute approximate surface area is 191 Å². The number of carbonyl (C=O) groups excluding carboxylic acids is 2. The van der Waals surface area contributed by atoms with Gasteiger partial charge < -0.3 is 10.2 Å². The van der Waals surface area contributed by atoms with Crippen LogP contribution in [0.5, 0.6) is 0 Å². The Hall–Kier alpha value is -1.76. The van der Waals surface area contributed by atoms with E-state index in [0.717, 1.165) is 12.0 Å². The number of nitrogens with zero attached hydrogens (tertiary/aromatic N) is 1. The summed E-state index contributed by atoms with van der Waals surface area (Å²) in [6, 6.07) is 11.0. The minimum atomic E-state index is -0.660. The van der Waals surface area contributed by atoms with Gasteiger partial charge in [-0.25, -0.2) is 4.39 Å². The van der Waals surface area contributed by atoms with Crippen LogP contribution >= 0.6 is 35.0 Å². The molecule has 0 aliphatic heterocycles. The van der Waals surface area contributed by atoms with Crippen LogP contribution in [-0.2, 0) is 21.9 Å². The normalized spacial score (nSPS) is 11.8. The monoisotopic (exact) mass is 470 g/mol. The van der Waals surface area contributed by atoms with Gasteiger partial charge in [-0.3, -0.25) is 9.59 Å². The second-order valence-electron chi connectivity index (χ2n) is 6.82. The van der Waals surface area contributed by atoms with E-state index in [1.54, 1.807) is 43.3 Å². The number of hydrogen-bond acceptors (Lipinski definition) is 3. The van der Waals surface area contributed by atoms with Crippen LogP contribution in [0.2, 0.25) is 10.0 Å². The molecule has 30 heavy (non-hydrogen) atoms. The third-order valence-corrected chi connectivity index (χ3v) is 6.20. The summed E-state index contributed by atoms with van der Waals surface area (Å²) in [6.45, 7) is 4.42. The van der Waals surface area contributed by atoms with Gasteiger partial charge in [0.2, 0.25) is 11.8 Å². The van der Waals surface area contributed by atoms with Crippen LogP contribution in [0.4, 0.5) is 4.39 Å². The molecule has 2 aromatic rings. The van der Waals surface area contributed by atoms with Crippen molar-refractivity contribution in [1.82, 2.24) is 10.2 Å². The highest BCUT2D eigenvalue weighted by atomic mass is 35.5. The van der Waals surface area contributed by atoms with Crippen molar-refractivity contribution < 1.29 is 14.0 Å². The van der Waals surface area contributed by atoms with E-state index in [1.165, 1.54) is 22.7 Å². The lowest BCUT2D eigenvalue weighted by Gasteiger charge is -2.29. The second kappa shape index (κ2) is 12.2. The van der Waals surface area contributed by atoms with Gasteiger partial charge in [0.15, 0.2) is 0 Å². The third-order valence-electron chi connectivity index (χ3n) is 4.49. The predicted octanol–water partition coefficient (Wildman–Crippen LogP) is 5.31. The highest BCUT2D eigenvalue weighted by Crippen LogP contribution is 2.24. The van der Waals surface area contributed by atoms with E-state index >= 15 is 0 Å². The molecule has 0 aliphatic carbocycles. The van der Waals surface area contributed by atoms with Gasteiger partial charge in [-0.2, -0.15) is 0 Å². The summed E-state index contributed by atoms with van der Waals surface area (Å²) in [6.07, 6.45) is 0.803. The van der Waals surface area contributed by atoms with Gasteiger partial charge in [-0.15, -0.1) is 11.8 Å². The van der Waals surface area contributed by atoms with Crippen LogP contribution in [0.15, 0.2) is 42.5 Å². The molecule has 1 N–H and O–H groups in total. The zero-order valence-electron chi connectivity index (χ0n) is 17.0. The predicted molar refractivity (Wildman–Crippen MR) is 122 cm³/mol. The summed E-state index contributed by atoms with van der Waals surface area (Å²) >= 11 is 13.4. The molecule has 4 nitrogen and oxygen atoms in total. The van der Waals surface area contributed by atoms with Crippen molar-refractivity contribution in [2.45, 2.75) is 38.6 Å². The zero-order valence-corrected chi connectivity index (χ0v) is 19.3. The average molecular weight is 471 g/mol. The second-order valence-corrected chi connectivity index (χ2v) is 8.62. The Bertz CT molecular complexity index is 882. The maximum absolute atomic E-state index is 13.8. The van der Waals surface area contributed by atoms with Crippen LogP contribution in [0.3, 0.4) is 0 Å². The number of carbonyl (C=O) groups is 2. The highest BCUT2D eigenvalue weighted by Gasteiger charge is 2.26. The maximum atomic E-state index is 13.8. The van der Waals surface area contributed by atoms with Crippen molar-refractivity contribution in [1.29, 1.82) is 0 Å². The van der Waals surface area contributed by atoms with Crippen molar-refractivity contribution in [3.05, 3.63) is 69.5 Å². The molecule has 2 aromatic carbocycles. The summed E-state index contributed by atoms with van der Waals surface area (Å²) in [7, 11) is 0. The minimum Gasteiger partial charge on any atom is -0.354 e. The number of amides is 2. The molecule has 0 aliphatic rings. The molecule has 2 amide bonds. The molecule has 0 fully saturated rings. The van der Waals surface area contributed by atoms with Gasteiger partial charge in [-0.1, -0.05) is 54.4 Å². The van der Waals surface area contributed by atoms with Gasteiger partial charge in [0.05, 0.1) is 15.8 Å². The van der Waals surface area contributed by atoms with Crippen molar-refractivity contribution in [3.8, 4) is 0 Å². The molecule has 162 valence electrons. The van der Waals surface area contributed by atoms with Crippen LogP contribution in [0.1, 0.15) is 31.4 Å². The van der Waals surface area contributed by atoms with Crippen molar-refractivity contribution in [2.75, 3.05) is 12.3 Å². The lowest BCUT2D eigenvalue weighted by atomic mass is 10.1. The summed E-state index contributed by atoms with van der Waals surface area (Å²) in [5.74, 6) is -0.223. The fourth-order valence-electron chi connectivity index (χ4n) is 2.76. The Kier molecular flexibility index (Phi) is 9.95. The van der Waals surface area contributed by atoms with Gasteiger partial charge in [0.25, 0.3) is 0 Å². The summed E-state index contributed by atoms with van der Waals surface area (Å²) in [5, 5.41) is 3.64. The van der Waals surface area contributed by atoms with Crippen LogP contribution in [0.25, 0.3) is 0 Å². The van der Waals surface area contributed by atoms with Crippen LogP contribution in [-0.4, -0.2) is 35.1 Å². The molecule has 0 aromatic heterocycles. The SMILES string of the molecule is CCCNC(=O)[C@@H](C)N(Cc1ccc(Cl)c(Cl)c1)C(=O)CSCc1ccccc1F. The first kappa shape index (κ1) is 24.5. The van der Waals surface area contributed by atoms with E-state index in [0.29, 0.717) is 27.9 Å². The van der Waals surface area contributed by atoms with E-state index in [-0.39, 0.29) is 29.9 Å².